The lowest BCUT2D eigenvalue weighted by Crippen LogP contribution is -2.04. The van der Waals surface area contributed by atoms with E-state index in [1.54, 1.807) is 12.3 Å². The summed E-state index contributed by atoms with van der Waals surface area (Å²) in [5, 5.41) is 4.47. The molecule has 0 aliphatic heterocycles. The van der Waals surface area contributed by atoms with E-state index in [9.17, 15) is 13.2 Å². The summed E-state index contributed by atoms with van der Waals surface area (Å²) in [6.07, 6.45) is -0.840. The molecule has 0 aliphatic carbocycles. The normalized spacial score (nSPS) is 12.0. The number of imidazole rings is 1. The minimum Gasteiger partial charge on any atom is -0.326 e. The Balaban J connectivity index is 1.54. The molecule has 30 heavy (non-hydrogen) atoms. The van der Waals surface area contributed by atoms with Crippen molar-refractivity contribution in [3.63, 3.8) is 0 Å². The number of alkyl halides is 3. The minimum absolute atomic E-state index is 0.219. The van der Waals surface area contributed by atoms with Crippen LogP contribution in [0.15, 0.2) is 67.0 Å². The maximum absolute atomic E-state index is 12.9. The molecular formula is C21H13ClF3N5. The van der Waals surface area contributed by atoms with Gasteiger partial charge in [0.2, 0.25) is 5.95 Å². The van der Waals surface area contributed by atoms with Gasteiger partial charge in [0, 0.05) is 23.5 Å². The van der Waals surface area contributed by atoms with Gasteiger partial charge in [-0.2, -0.15) is 13.2 Å². The molecule has 0 amide bonds. The molecule has 0 atom stereocenters. The van der Waals surface area contributed by atoms with E-state index in [-0.39, 0.29) is 5.52 Å². The van der Waals surface area contributed by atoms with Gasteiger partial charge < -0.3 is 14.9 Å². The summed E-state index contributed by atoms with van der Waals surface area (Å²) < 4.78 is 40.7. The van der Waals surface area contributed by atoms with Crippen LogP contribution in [0.25, 0.3) is 27.8 Å². The van der Waals surface area contributed by atoms with Crippen LogP contribution in [0.2, 0.25) is 5.02 Å². The third-order valence-electron chi connectivity index (χ3n) is 4.73. The second kappa shape index (κ2) is 6.77. The minimum atomic E-state index is -4.42. The Hall–Kier alpha value is -3.52. The first kappa shape index (κ1) is 18.5. The Kier molecular flexibility index (Phi) is 4.18. The lowest BCUT2D eigenvalue weighted by Gasteiger charge is -2.08. The van der Waals surface area contributed by atoms with E-state index in [2.05, 4.69) is 20.3 Å². The van der Waals surface area contributed by atoms with Crippen molar-refractivity contribution in [2.75, 3.05) is 5.32 Å². The molecule has 0 saturated carbocycles. The molecule has 0 bridgehead atoms. The highest BCUT2D eigenvalue weighted by Crippen LogP contribution is 2.33. The van der Waals surface area contributed by atoms with Gasteiger partial charge in [0.05, 0.1) is 27.1 Å². The molecule has 5 nitrogen and oxygen atoms in total. The summed E-state index contributed by atoms with van der Waals surface area (Å²) in [5.74, 6) is 1.06. The highest BCUT2D eigenvalue weighted by molar-refractivity contribution is 6.35. The van der Waals surface area contributed by atoms with Crippen LogP contribution in [0, 0.1) is 0 Å². The first-order valence-electron chi connectivity index (χ1n) is 8.94. The number of benzene rings is 2. The monoisotopic (exact) mass is 427 g/mol. The van der Waals surface area contributed by atoms with Crippen LogP contribution in [0.5, 0.6) is 0 Å². The van der Waals surface area contributed by atoms with E-state index < -0.39 is 11.7 Å². The topological polar surface area (TPSA) is 58.5 Å². The first-order chi connectivity index (χ1) is 14.4. The molecule has 150 valence electrons. The third-order valence-corrected chi connectivity index (χ3v) is 5.04. The van der Waals surface area contributed by atoms with Crippen molar-refractivity contribution in [2.24, 2.45) is 0 Å². The number of hydrogen-bond acceptors (Lipinski definition) is 3. The van der Waals surface area contributed by atoms with Gasteiger partial charge in [0.25, 0.3) is 0 Å². The van der Waals surface area contributed by atoms with E-state index in [1.165, 1.54) is 6.07 Å². The van der Waals surface area contributed by atoms with Gasteiger partial charge in [0.15, 0.2) is 0 Å². The standard InChI is InChI=1S/C21H13ClF3N5/c22-15-10-13(11-18-14(15)6-8-30(18)19-3-1-2-7-26-19)27-20-28-16-5-4-12(21(23,24)25)9-17(16)29-20/h1-11H,(H2,27,28,29). The Morgan fingerprint density at radius 3 is 2.67 bits per heavy atom. The van der Waals surface area contributed by atoms with Crippen molar-refractivity contribution in [1.82, 2.24) is 19.5 Å². The first-order valence-corrected chi connectivity index (χ1v) is 9.32. The zero-order chi connectivity index (χ0) is 20.9. The largest absolute Gasteiger partial charge is 0.416 e. The van der Waals surface area contributed by atoms with Crippen molar-refractivity contribution >= 4 is 45.2 Å². The van der Waals surface area contributed by atoms with Crippen molar-refractivity contribution in [3.8, 4) is 5.82 Å². The Morgan fingerprint density at radius 1 is 1.03 bits per heavy atom. The van der Waals surface area contributed by atoms with Crippen LogP contribution in [-0.4, -0.2) is 19.5 Å². The smallest absolute Gasteiger partial charge is 0.326 e. The molecule has 3 heterocycles. The molecule has 0 unspecified atom stereocenters. The van der Waals surface area contributed by atoms with Gasteiger partial charge in [-0.25, -0.2) is 9.97 Å². The lowest BCUT2D eigenvalue weighted by atomic mass is 10.2. The number of rotatable bonds is 3. The average molecular weight is 428 g/mol. The summed E-state index contributed by atoms with van der Waals surface area (Å²) in [4.78, 5) is 11.6. The second-order valence-corrected chi connectivity index (χ2v) is 7.11. The highest BCUT2D eigenvalue weighted by Gasteiger charge is 2.30. The van der Waals surface area contributed by atoms with Crippen LogP contribution in [0.4, 0.5) is 24.8 Å². The average Bonchev–Trinajstić information content (AvgIpc) is 3.31. The van der Waals surface area contributed by atoms with Crippen LogP contribution in [-0.2, 0) is 6.18 Å². The fraction of sp³-hybridized carbons (Fsp3) is 0.0476. The molecule has 5 rings (SSSR count). The Morgan fingerprint density at radius 2 is 1.90 bits per heavy atom. The number of fused-ring (bicyclic) bond motifs is 2. The zero-order valence-electron chi connectivity index (χ0n) is 15.2. The molecule has 0 radical (unpaired) electrons. The molecule has 0 spiro atoms. The van der Waals surface area contributed by atoms with E-state index in [0.29, 0.717) is 22.2 Å². The molecule has 2 N–H and O–H groups in total. The summed E-state index contributed by atoms with van der Waals surface area (Å²) in [6.45, 7) is 0. The maximum Gasteiger partial charge on any atom is 0.416 e. The third kappa shape index (κ3) is 3.25. The predicted octanol–water partition coefficient (Wildman–Crippen LogP) is 6.32. The number of nitrogens with one attached hydrogen (secondary N) is 2. The van der Waals surface area contributed by atoms with E-state index in [0.717, 1.165) is 28.9 Å². The van der Waals surface area contributed by atoms with Gasteiger partial charge in [0.1, 0.15) is 5.82 Å². The summed E-state index contributed by atoms with van der Waals surface area (Å²) in [6, 6.07) is 14.5. The van der Waals surface area contributed by atoms with Crippen LogP contribution in [0.3, 0.4) is 0 Å². The van der Waals surface area contributed by atoms with Crippen molar-refractivity contribution < 1.29 is 13.2 Å². The summed E-state index contributed by atoms with van der Waals surface area (Å²) in [7, 11) is 0. The second-order valence-electron chi connectivity index (χ2n) is 6.70. The Bertz CT molecular complexity index is 1370. The van der Waals surface area contributed by atoms with Crippen molar-refractivity contribution in [3.05, 3.63) is 77.6 Å². The van der Waals surface area contributed by atoms with Crippen LogP contribution >= 0.6 is 11.6 Å². The summed E-state index contributed by atoms with van der Waals surface area (Å²) >= 11 is 6.45. The zero-order valence-corrected chi connectivity index (χ0v) is 16.0. The van der Waals surface area contributed by atoms with E-state index >= 15 is 0 Å². The van der Waals surface area contributed by atoms with Gasteiger partial charge in [-0.05, 0) is 48.5 Å². The van der Waals surface area contributed by atoms with Crippen LogP contribution in [0.1, 0.15) is 5.56 Å². The number of aromatic amines is 1. The quantitative estimate of drug-likeness (QED) is 0.354. The molecular weight excluding hydrogens is 415 g/mol. The van der Waals surface area contributed by atoms with Crippen molar-refractivity contribution in [1.29, 1.82) is 0 Å². The lowest BCUT2D eigenvalue weighted by molar-refractivity contribution is -0.137. The molecule has 3 aromatic heterocycles. The number of pyridine rings is 1. The van der Waals surface area contributed by atoms with Gasteiger partial charge in [-0.1, -0.05) is 17.7 Å². The fourth-order valence-electron chi connectivity index (χ4n) is 3.34. The van der Waals surface area contributed by atoms with Gasteiger partial charge >= 0.3 is 6.18 Å². The fourth-order valence-corrected chi connectivity index (χ4v) is 3.62. The maximum atomic E-state index is 12.9. The molecule has 0 fully saturated rings. The number of hydrogen-bond donors (Lipinski definition) is 2. The van der Waals surface area contributed by atoms with Gasteiger partial charge in [-0.3, -0.25) is 0 Å². The van der Waals surface area contributed by atoms with Crippen LogP contribution < -0.4 is 5.32 Å². The predicted molar refractivity (Wildman–Crippen MR) is 110 cm³/mol. The van der Waals surface area contributed by atoms with Gasteiger partial charge in [-0.15, -0.1) is 0 Å². The number of nitrogens with zero attached hydrogens (tertiary/aromatic N) is 3. The number of H-pyrrole nitrogens is 1. The highest BCUT2D eigenvalue weighted by atomic mass is 35.5. The number of anilines is 2. The molecule has 0 saturated heterocycles. The van der Waals surface area contributed by atoms with E-state index in [1.807, 2.05) is 41.1 Å². The SMILES string of the molecule is FC(F)(F)c1ccc2[nH]c(Nc3cc(Cl)c4ccn(-c5ccccn5)c4c3)nc2c1. The van der Waals surface area contributed by atoms with Crippen molar-refractivity contribution in [2.45, 2.75) is 6.18 Å². The molecule has 0 aliphatic rings. The number of halogens is 4. The number of aromatic nitrogens is 4. The Labute approximate surface area is 173 Å². The molecule has 9 heteroatoms. The molecule has 2 aromatic carbocycles. The molecule has 5 aromatic rings. The summed E-state index contributed by atoms with van der Waals surface area (Å²) in [5.41, 5.74) is 1.44. The van der Waals surface area contributed by atoms with E-state index in [4.69, 9.17) is 11.6 Å².